The summed E-state index contributed by atoms with van der Waals surface area (Å²) in [5, 5.41) is 13.0. The summed E-state index contributed by atoms with van der Waals surface area (Å²) < 4.78 is 19.3. The molecule has 8 heteroatoms. The average molecular weight is 534 g/mol. The van der Waals surface area contributed by atoms with E-state index in [1.807, 2.05) is 6.07 Å². The average Bonchev–Trinajstić information content (AvgIpc) is 2.76. The lowest BCUT2D eigenvalue weighted by atomic mass is 10.1. The van der Waals surface area contributed by atoms with Gasteiger partial charge in [0.05, 0.1) is 9.50 Å². The predicted molar refractivity (Wildman–Crippen MR) is 128 cm³/mol. The van der Waals surface area contributed by atoms with Crippen LogP contribution in [0.2, 0.25) is 10.0 Å². The molecule has 0 aliphatic carbocycles. The molecular weight excluding hydrogens is 518 g/mol. The van der Waals surface area contributed by atoms with E-state index in [1.165, 1.54) is 18.2 Å². The summed E-state index contributed by atoms with van der Waals surface area (Å²) in [6.45, 7) is 1.97. The van der Waals surface area contributed by atoms with E-state index in [1.54, 1.807) is 49.4 Å². The Morgan fingerprint density at radius 1 is 1.19 bits per heavy atom. The number of nitriles is 1. The molecule has 0 bridgehead atoms. The van der Waals surface area contributed by atoms with Gasteiger partial charge in [0.15, 0.2) is 5.75 Å². The summed E-state index contributed by atoms with van der Waals surface area (Å²) >= 11 is 15.8. The van der Waals surface area contributed by atoms with Crippen molar-refractivity contribution in [1.29, 1.82) is 5.26 Å². The highest BCUT2D eigenvalue weighted by Gasteiger charge is 2.14. The minimum Gasteiger partial charge on any atom is -0.486 e. The molecule has 162 valence electrons. The van der Waals surface area contributed by atoms with E-state index >= 15 is 0 Å². The third-order valence-corrected chi connectivity index (χ3v) is 5.79. The van der Waals surface area contributed by atoms with E-state index < -0.39 is 5.91 Å². The normalized spacial score (nSPS) is 11.1. The van der Waals surface area contributed by atoms with Crippen molar-refractivity contribution in [2.45, 2.75) is 13.5 Å². The maximum Gasteiger partial charge on any atom is 0.266 e. The monoisotopic (exact) mass is 532 g/mol. The number of carbonyl (C=O) groups excluding carboxylic acids is 1. The number of ether oxygens (including phenoxy) is 1. The molecule has 0 heterocycles. The summed E-state index contributed by atoms with van der Waals surface area (Å²) in [7, 11) is 0. The van der Waals surface area contributed by atoms with Crippen molar-refractivity contribution >= 4 is 56.8 Å². The third kappa shape index (κ3) is 5.89. The molecule has 32 heavy (non-hydrogen) atoms. The minimum absolute atomic E-state index is 0.104. The maximum absolute atomic E-state index is 13.0. The smallest absolute Gasteiger partial charge is 0.266 e. The van der Waals surface area contributed by atoms with Gasteiger partial charge in [0.2, 0.25) is 0 Å². The van der Waals surface area contributed by atoms with Gasteiger partial charge in [-0.1, -0.05) is 41.4 Å². The first-order valence-corrected chi connectivity index (χ1v) is 10.9. The number of hydrogen-bond acceptors (Lipinski definition) is 3. The maximum atomic E-state index is 13.0. The molecule has 0 fully saturated rings. The number of rotatable bonds is 6. The van der Waals surface area contributed by atoms with Gasteiger partial charge >= 0.3 is 0 Å². The van der Waals surface area contributed by atoms with Crippen LogP contribution in [-0.4, -0.2) is 5.91 Å². The SMILES string of the molecule is Cc1c(Cl)cccc1NC(=O)/C(C#N)=C\c1cc(Cl)c(OCc2ccc(F)cc2)c(Br)c1. The number of carbonyl (C=O) groups is 1. The summed E-state index contributed by atoms with van der Waals surface area (Å²) in [5.41, 5.74) is 2.43. The lowest BCUT2D eigenvalue weighted by molar-refractivity contribution is -0.112. The number of nitrogens with one attached hydrogen (secondary N) is 1. The summed E-state index contributed by atoms with van der Waals surface area (Å²) in [5.74, 6) is -0.501. The van der Waals surface area contributed by atoms with Crippen molar-refractivity contribution in [1.82, 2.24) is 0 Å². The van der Waals surface area contributed by atoms with Crippen LogP contribution in [0, 0.1) is 24.1 Å². The van der Waals surface area contributed by atoms with Gasteiger partial charge in [0.25, 0.3) is 5.91 Å². The molecule has 1 N–H and O–H groups in total. The van der Waals surface area contributed by atoms with Crippen molar-refractivity contribution in [2.75, 3.05) is 5.32 Å². The lowest BCUT2D eigenvalue weighted by Gasteiger charge is -2.12. The van der Waals surface area contributed by atoms with Crippen LogP contribution in [0.15, 0.2) is 64.6 Å². The van der Waals surface area contributed by atoms with E-state index in [4.69, 9.17) is 27.9 Å². The molecule has 0 aromatic heterocycles. The quantitative estimate of drug-likeness (QED) is 0.266. The Balaban J connectivity index is 1.78. The van der Waals surface area contributed by atoms with Crippen LogP contribution >= 0.6 is 39.1 Å². The molecule has 0 atom stereocenters. The first kappa shape index (κ1) is 23.8. The van der Waals surface area contributed by atoms with Crippen molar-refractivity contribution < 1.29 is 13.9 Å². The predicted octanol–water partition coefficient (Wildman–Crippen LogP) is 7.33. The number of hydrogen-bond donors (Lipinski definition) is 1. The summed E-state index contributed by atoms with van der Waals surface area (Å²) in [6.07, 6.45) is 1.43. The zero-order valence-corrected chi connectivity index (χ0v) is 19.9. The fourth-order valence-electron chi connectivity index (χ4n) is 2.78. The van der Waals surface area contributed by atoms with E-state index in [-0.39, 0.29) is 23.0 Å². The largest absolute Gasteiger partial charge is 0.486 e. The van der Waals surface area contributed by atoms with Gasteiger partial charge in [-0.05, 0) is 82.0 Å². The van der Waals surface area contributed by atoms with Crippen molar-refractivity contribution in [3.05, 3.63) is 97.2 Å². The van der Waals surface area contributed by atoms with Crippen molar-refractivity contribution in [3.63, 3.8) is 0 Å². The van der Waals surface area contributed by atoms with Gasteiger partial charge < -0.3 is 10.1 Å². The van der Waals surface area contributed by atoms with Gasteiger partial charge in [0, 0.05) is 10.7 Å². The van der Waals surface area contributed by atoms with Gasteiger partial charge in [0.1, 0.15) is 24.1 Å². The standard InChI is InChI=1S/C24H16BrCl2FN2O2/c1-14-20(26)3-2-4-22(14)30-24(31)17(12-29)9-16-10-19(25)23(21(27)11-16)32-13-15-5-7-18(28)8-6-15/h2-11H,13H2,1H3,(H,30,31)/b17-9-. The second-order valence-electron chi connectivity index (χ2n) is 6.77. The Kier molecular flexibility index (Phi) is 7.92. The Bertz CT molecular complexity index is 1210. The number of nitrogens with zero attached hydrogens (tertiary/aromatic N) is 1. The van der Waals surface area contributed by atoms with Crippen molar-refractivity contribution in [3.8, 4) is 11.8 Å². The second kappa shape index (κ2) is 10.6. The zero-order chi connectivity index (χ0) is 23.3. The molecule has 0 unspecified atom stereocenters. The van der Waals surface area contributed by atoms with Crippen LogP contribution in [0.4, 0.5) is 10.1 Å². The van der Waals surface area contributed by atoms with Gasteiger partial charge in [-0.3, -0.25) is 4.79 Å². The zero-order valence-electron chi connectivity index (χ0n) is 16.8. The fourth-order valence-corrected chi connectivity index (χ4v) is 3.95. The molecule has 3 aromatic carbocycles. The number of benzene rings is 3. The van der Waals surface area contributed by atoms with E-state index in [2.05, 4.69) is 21.2 Å². The molecular formula is C24H16BrCl2FN2O2. The fraction of sp³-hybridized carbons (Fsp3) is 0.0833. The first-order chi connectivity index (χ1) is 15.3. The first-order valence-electron chi connectivity index (χ1n) is 9.33. The van der Waals surface area contributed by atoms with E-state index in [0.29, 0.717) is 32.1 Å². The molecule has 0 saturated heterocycles. The topological polar surface area (TPSA) is 62.1 Å². The molecule has 4 nitrogen and oxygen atoms in total. The van der Waals surface area contributed by atoms with Crippen LogP contribution in [0.1, 0.15) is 16.7 Å². The number of amides is 1. The molecule has 3 rings (SSSR count). The minimum atomic E-state index is -0.568. The van der Waals surface area contributed by atoms with E-state index in [0.717, 1.165) is 5.56 Å². The van der Waals surface area contributed by atoms with Crippen LogP contribution < -0.4 is 10.1 Å². The van der Waals surface area contributed by atoms with E-state index in [9.17, 15) is 14.4 Å². The van der Waals surface area contributed by atoms with Crippen LogP contribution in [0.3, 0.4) is 0 Å². The Morgan fingerprint density at radius 3 is 2.56 bits per heavy atom. The summed E-state index contributed by atoms with van der Waals surface area (Å²) in [4.78, 5) is 12.6. The third-order valence-electron chi connectivity index (χ3n) is 4.51. The number of anilines is 1. The molecule has 0 radical (unpaired) electrons. The van der Waals surface area contributed by atoms with Gasteiger partial charge in [-0.25, -0.2) is 4.39 Å². The van der Waals surface area contributed by atoms with Crippen molar-refractivity contribution in [2.24, 2.45) is 0 Å². The van der Waals surface area contributed by atoms with Gasteiger partial charge in [-0.15, -0.1) is 0 Å². The van der Waals surface area contributed by atoms with Crippen LogP contribution in [-0.2, 0) is 11.4 Å². The lowest BCUT2D eigenvalue weighted by Crippen LogP contribution is -2.14. The molecule has 0 saturated carbocycles. The Labute approximate surface area is 203 Å². The highest BCUT2D eigenvalue weighted by Crippen LogP contribution is 2.36. The van der Waals surface area contributed by atoms with Crippen LogP contribution in [0.25, 0.3) is 6.08 Å². The van der Waals surface area contributed by atoms with Gasteiger partial charge in [-0.2, -0.15) is 5.26 Å². The second-order valence-corrected chi connectivity index (χ2v) is 8.43. The molecule has 0 aliphatic heterocycles. The highest BCUT2D eigenvalue weighted by molar-refractivity contribution is 9.10. The molecule has 1 amide bonds. The molecule has 0 aliphatic rings. The molecule has 3 aromatic rings. The Morgan fingerprint density at radius 2 is 1.91 bits per heavy atom. The number of halogens is 4. The molecule has 0 spiro atoms. The highest BCUT2D eigenvalue weighted by atomic mass is 79.9. The van der Waals surface area contributed by atoms with Crippen LogP contribution in [0.5, 0.6) is 5.75 Å². The Hall–Kier alpha value is -2.85. The summed E-state index contributed by atoms with van der Waals surface area (Å²) in [6, 6.07) is 16.2.